The minimum absolute atomic E-state index is 0.0826. The highest BCUT2D eigenvalue weighted by molar-refractivity contribution is 5.46. The Hall–Kier alpha value is -3.34. The number of nitro benzene ring substituents is 1. The average Bonchev–Trinajstić information content (AvgIpc) is 2.66. The number of nitrogens with zero attached hydrogens (tertiary/aromatic N) is 1. The molecular weight excluding hydrogens is 328 g/mol. The van der Waals surface area contributed by atoms with Gasteiger partial charge in [0.15, 0.2) is 0 Å². The first-order valence-electron chi connectivity index (χ1n) is 8.36. The number of non-ortho nitro benzene ring substituents is 1. The van der Waals surface area contributed by atoms with Crippen molar-refractivity contribution >= 4 is 11.4 Å². The van der Waals surface area contributed by atoms with Crippen molar-refractivity contribution < 1.29 is 9.66 Å². The first-order chi connectivity index (χ1) is 12.6. The number of rotatable bonds is 7. The number of anilines is 1. The minimum atomic E-state index is -0.409. The smallest absolute Gasteiger partial charge is 0.269 e. The standard InChI is InChI=1S/C21H20N2O3/c1-16-3-2-4-19(13-16)22-14-17-7-11-21(12-8-17)26-15-18-5-9-20(10-6-18)23(24)25/h2-13,22H,14-15H2,1H3. The lowest BCUT2D eigenvalue weighted by atomic mass is 10.2. The van der Waals surface area contributed by atoms with E-state index >= 15 is 0 Å². The van der Waals surface area contributed by atoms with Crippen LogP contribution in [0.4, 0.5) is 11.4 Å². The van der Waals surface area contributed by atoms with Gasteiger partial charge in [0.1, 0.15) is 12.4 Å². The van der Waals surface area contributed by atoms with Crippen molar-refractivity contribution in [2.45, 2.75) is 20.1 Å². The summed E-state index contributed by atoms with van der Waals surface area (Å²) in [6.07, 6.45) is 0. The summed E-state index contributed by atoms with van der Waals surface area (Å²) in [5.41, 5.74) is 4.46. The molecular formula is C21H20N2O3. The summed E-state index contributed by atoms with van der Waals surface area (Å²) < 4.78 is 5.74. The Morgan fingerprint density at radius 1 is 0.962 bits per heavy atom. The van der Waals surface area contributed by atoms with E-state index in [1.54, 1.807) is 12.1 Å². The molecule has 0 heterocycles. The molecule has 0 aliphatic carbocycles. The molecule has 0 saturated carbocycles. The fraction of sp³-hybridized carbons (Fsp3) is 0.143. The number of hydrogen-bond acceptors (Lipinski definition) is 4. The topological polar surface area (TPSA) is 64.4 Å². The van der Waals surface area contributed by atoms with Crippen molar-refractivity contribution in [1.82, 2.24) is 0 Å². The van der Waals surface area contributed by atoms with Crippen LogP contribution in [0, 0.1) is 17.0 Å². The van der Waals surface area contributed by atoms with Crippen molar-refractivity contribution in [2.75, 3.05) is 5.32 Å². The SMILES string of the molecule is Cc1cccc(NCc2ccc(OCc3ccc([N+](=O)[O-])cc3)cc2)c1. The van der Waals surface area contributed by atoms with Gasteiger partial charge in [0.05, 0.1) is 4.92 Å². The fourth-order valence-corrected chi connectivity index (χ4v) is 2.54. The van der Waals surface area contributed by atoms with Gasteiger partial charge in [0, 0.05) is 24.4 Å². The van der Waals surface area contributed by atoms with Crippen LogP contribution in [0.5, 0.6) is 5.75 Å². The Morgan fingerprint density at radius 3 is 2.31 bits per heavy atom. The van der Waals surface area contributed by atoms with E-state index in [-0.39, 0.29) is 5.69 Å². The first kappa shape index (κ1) is 17.5. The largest absolute Gasteiger partial charge is 0.489 e. The zero-order valence-corrected chi connectivity index (χ0v) is 14.5. The maximum atomic E-state index is 10.7. The molecule has 132 valence electrons. The molecule has 0 fully saturated rings. The molecule has 5 nitrogen and oxygen atoms in total. The van der Waals surface area contributed by atoms with E-state index in [9.17, 15) is 10.1 Å². The van der Waals surface area contributed by atoms with E-state index in [0.29, 0.717) is 6.61 Å². The van der Waals surface area contributed by atoms with Gasteiger partial charge in [-0.2, -0.15) is 0 Å². The maximum Gasteiger partial charge on any atom is 0.269 e. The molecule has 3 aromatic rings. The minimum Gasteiger partial charge on any atom is -0.489 e. The lowest BCUT2D eigenvalue weighted by molar-refractivity contribution is -0.384. The normalized spacial score (nSPS) is 10.3. The third-order valence-electron chi connectivity index (χ3n) is 3.99. The van der Waals surface area contributed by atoms with E-state index < -0.39 is 4.92 Å². The monoisotopic (exact) mass is 348 g/mol. The molecule has 0 unspecified atom stereocenters. The maximum absolute atomic E-state index is 10.7. The van der Waals surface area contributed by atoms with Gasteiger partial charge >= 0.3 is 0 Å². The van der Waals surface area contributed by atoms with E-state index in [4.69, 9.17) is 4.74 Å². The van der Waals surface area contributed by atoms with Crippen molar-refractivity contribution in [3.8, 4) is 5.75 Å². The number of ether oxygens (including phenoxy) is 1. The summed E-state index contributed by atoms with van der Waals surface area (Å²) in [5, 5.41) is 14.1. The van der Waals surface area contributed by atoms with Gasteiger partial charge in [-0.25, -0.2) is 0 Å². The Kier molecular flexibility index (Phi) is 5.49. The summed E-state index contributed by atoms with van der Waals surface area (Å²) in [4.78, 5) is 10.2. The van der Waals surface area contributed by atoms with Crippen molar-refractivity contribution in [1.29, 1.82) is 0 Å². The zero-order valence-electron chi connectivity index (χ0n) is 14.5. The third-order valence-corrected chi connectivity index (χ3v) is 3.99. The van der Waals surface area contributed by atoms with Gasteiger partial charge in [-0.3, -0.25) is 10.1 Å². The van der Waals surface area contributed by atoms with Gasteiger partial charge in [0.2, 0.25) is 0 Å². The Morgan fingerprint density at radius 2 is 1.65 bits per heavy atom. The predicted octanol–water partition coefficient (Wildman–Crippen LogP) is 5.09. The molecule has 3 rings (SSSR count). The number of nitro groups is 1. The summed E-state index contributed by atoms with van der Waals surface area (Å²) in [7, 11) is 0. The molecule has 1 N–H and O–H groups in total. The van der Waals surface area contributed by atoms with Crippen LogP contribution in [0.25, 0.3) is 0 Å². The van der Waals surface area contributed by atoms with Crippen LogP contribution in [0.2, 0.25) is 0 Å². The van der Waals surface area contributed by atoms with Gasteiger partial charge in [-0.15, -0.1) is 0 Å². The van der Waals surface area contributed by atoms with E-state index in [2.05, 4.69) is 30.4 Å². The van der Waals surface area contributed by atoms with Crippen LogP contribution in [-0.2, 0) is 13.2 Å². The predicted molar refractivity (Wildman–Crippen MR) is 102 cm³/mol. The fourth-order valence-electron chi connectivity index (χ4n) is 2.54. The summed E-state index contributed by atoms with van der Waals surface area (Å²) in [6, 6.07) is 22.6. The highest BCUT2D eigenvalue weighted by atomic mass is 16.6. The molecule has 0 aromatic heterocycles. The lowest BCUT2D eigenvalue weighted by Gasteiger charge is -2.09. The third kappa shape index (κ3) is 4.83. The Balaban J connectivity index is 1.51. The van der Waals surface area contributed by atoms with Crippen LogP contribution in [0.3, 0.4) is 0 Å². The van der Waals surface area contributed by atoms with Gasteiger partial charge in [-0.05, 0) is 60.0 Å². The van der Waals surface area contributed by atoms with Crippen molar-refractivity contribution in [3.05, 3.63) is 99.6 Å². The number of benzene rings is 3. The molecule has 0 amide bonds. The molecule has 0 aliphatic heterocycles. The second-order valence-corrected chi connectivity index (χ2v) is 6.08. The molecule has 26 heavy (non-hydrogen) atoms. The first-order valence-corrected chi connectivity index (χ1v) is 8.36. The van der Waals surface area contributed by atoms with Gasteiger partial charge < -0.3 is 10.1 Å². The van der Waals surface area contributed by atoms with Crippen LogP contribution < -0.4 is 10.1 Å². The highest BCUT2D eigenvalue weighted by Gasteiger charge is 2.04. The van der Waals surface area contributed by atoms with E-state index in [1.807, 2.05) is 30.3 Å². The molecule has 0 bridgehead atoms. The van der Waals surface area contributed by atoms with Crippen LogP contribution in [0.1, 0.15) is 16.7 Å². The molecule has 0 radical (unpaired) electrons. The van der Waals surface area contributed by atoms with Crippen molar-refractivity contribution in [3.63, 3.8) is 0 Å². The number of hydrogen-bond donors (Lipinski definition) is 1. The van der Waals surface area contributed by atoms with Gasteiger partial charge in [-0.1, -0.05) is 24.3 Å². The Bertz CT molecular complexity index is 875. The van der Waals surface area contributed by atoms with Crippen LogP contribution in [0.15, 0.2) is 72.8 Å². The second kappa shape index (κ2) is 8.16. The second-order valence-electron chi connectivity index (χ2n) is 6.08. The Labute approximate surface area is 152 Å². The van der Waals surface area contributed by atoms with Crippen molar-refractivity contribution in [2.24, 2.45) is 0 Å². The molecule has 0 atom stereocenters. The quantitative estimate of drug-likeness (QED) is 0.477. The van der Waals surface area contributed by atoms with E-state index in [1.165, 1.54) is 17.7 Å². The van der Waals surface area contributed by atoms with Gasteiger partial charge in [0.25, 0.3) is 5.69 Å². The summed E-state index contributed by atoms with van der Waals surface area (Å²) in [5.74, 6) is 0.766. The molecule has 0 spiro atoms. The zero-order chi connectivity index (χ0) is 18.4. The van der Waals surface area contributed by atoms with Crippen LogP contribution in [-0.4, -0.2) is 4.92 Å². The molecule has 5 heteroatoms. The van der Waals surface area contributed by atoms with E-state index in [0.717, 1.165) is 29.1 Å². The lowest BCUT2D eigenvalue weighted by Crippen LogP contribution is -2.00. The molecule has 3 aromatic carbocycles. The van der Waals surface area contributed by atoms with Crippen LogP contribution >= 0.6 is 0 Å². The average molecular weight is 348 g/mol. The summed E-state index contributed by atoms with van der Waals surface area (Å²) in [6.45, 7) is 3.19. The molecule has 0 saturated heterocycles. The highest BCUT2D eigenvalue weighted by Crippen LogP contribution is 2.17. The summed E-state index contributed by atoms with van der Waals surface area (Å²) >= 11 is 0. The number of aryl methyl sites for hydroxylation is 1. The number of nitrogens with one attached hydrogen (secondary N) is 1. The molecule has 0 aliphatic rings.